The molecule has 1 N–H and O–H groups in total. The lowest BCUT2D eigenvalue weighted by Crippen LogP contribution is -2.51. The van der Waals surface area contributed by atoms with Crippen molar-refractivity contribution in [1.29, 1.82) is 0 Å². The molecule has 1 heterocycles. The van der Waals surface area contributed by atoms with Crippen LogP contribution in [0.15, 0.2) is 0 Å². The first-order valence-corrected chi connectivity index (χ1v) is 7.89. The second-order valence-electron chi connectivity index (χ2n) is 6.55. The lowest BCUT2D eigenvalue weighted by atomic mass is 9.94. The van der Waals surface area contributed by atoms with E-state index < -0.39 is 11.9 Å². The molecule has 1 amide bonds. The minimum atomic E-state index is -0.798. The van der Waals surface area contributed by atoms with Crippen LogP contribution in [0.25, 0.3) is 0 Å². The molecule has 0 aromatic heterocycles. The van der Waals surface area contributed by atoms with Crippen LogP contribution in [0, 0.1) is 17.8 Å². The third kappa shape index (κ3) is 2.97. The highest BCUT2D eigenvalue weighted by molar-refractivity contribution is 5.85. The van der Waals surface area contributed by atoms with Gasteiger partial charge in [-0.15, -0.1) is 0 Å². The molecule has 1 aliphatic heterocycles. The van der Waals surface area contributed by atoms with E-state index in [1.165, 1.54) is 19.4 Å². The van der Waals surface area contributed by atoms with Crippen molar-refractivity contribution < 1.29 is 14.7 Å². The number of carboxylic acid groups (broad SMARTS) is 1. The van der Waals surface area contributed by atoms with Crippen LogP contribution in [-0.4, -0.2) is 59.5 Å². The van der Waals surface area contributed by atoms with Gasteiger partial charge in [0.05, 0.1) is 11.8 Å². The van der Waals surface area contributed by atoms with Gasteiger partial charge in [0.25, 0.3) is 0 Å². The molecule has 3 aliphatic rings. The first-order chi connectivity index (χ1) is 9.65. The lowest BCUT2D eigenvalue weighted by Gasteiger charge is -2.36. The Morgan fingerprint density at radius 2 is 1.60 bits per heavy atom. The van der Waals surface area contributed by atoms with Crippen molar-refractivity contribution in [2.24, 2.45) is 17.8 Å². The third-order valence-electron chi connectivity index (χ3n) is 5.05. The van der Waals surface area contributed by atoms with Crippen LogP contribution >= 0.6 is 0 Å². The first-order valence-electron chi connectivity index (χ1n) is 7.89. The number of nitrogens with zero attached hydrogens (tertiary/aromatic N) is 2. The molecule has 5 heteroatoms. The number of carboxylic acids is 1. The molecule has 0 radical (unpaired) electrons. The summed E-state index contributed by atoms with van der Waals surface area (Å²) < 4.78 is 0. The van der Waals surface area contributed by atoms with Crippen LogP contribution in [0.3, 0.4) is 0 Å². The van der Waals surface area contributed by atoms with E-state index in [0.29, 0.717) is 6.42 Å². The average Bonchev–Trinajstić information content (AvgIpc) is 3.11. The highest BCUT2D eigenvalue weighted by Crippen LogP contribution is 2.34. The van der Waals surface area contributed by atoms with Crippen molar-refractivity contribution in [2.75, 3.05) is 32.7 Å². The predicted molar refractivity (Wildman–Crippen MR) is 74.2 cm³/mol. The van der Waals surface area contributed by atoms with Crippen LogP contribution < -0.4 is 0 Å². The Hall–Kier alpha value is -1.10. The molecule has 2 aliphatic carbocycles. The van der Waals surface area contributed by atoms with E-state index in [0.717, 1.165) is 44.9 Å². The summed E-state index contributed by atoms with van der Waals surface area (Å²) in [5, 5.41) is 9.20. The number of hydrogen-bond donors (Lipinski definition) is 1. The van der Waals surface area contributed by atoms with Gasteiger partial charge in [-0.05, 0) is 31.6 Å². The van der Waals surface area contributed by atoms with E-state index in [-0.39, 0.29) is 11.8 Å². The van der Waals surface area contributed by atoms with Gasteiger partial charge in [0.1, 0.15) is 0 Å². The molecule has 3 fully saturated rings. The highest BCUT2D eigenvalue weighted by Gasteiger charge is 2.40. The summed E-state index contributed by atoms with van der Waals surface area (Å²) in [6.07, 6.45) is 5.00. The molecule has 5 nitrogen and oxygen atoms in total. The molecular weight excluding hydrogens is 256 g/mol. The molecule has 0 aromatic rings. The topological polar surface area (TPSA) is 60.9 Å². The summed E-state index contributed by atoms with van der Waals surface area (Å²) in [6, 6.07) is 0. The molecule has 0 aromatic carbocycles. The monoisotopic (exact) mass is 280 g/mol. The minimum Gasteiger partial charge on any atom is -0.481 e. The maximum atomic E-state index is 12.5. The SMILES string of the molecule is O=C(O)[C@H]1CCC[C@H]1C(=O)N1CCN(CC2CC2)CC1. The van der Waals surface area contributed by atoms with Crippen LogP contribution in [0.1, 0.15) is 32.1 Å². The van der Waals surface area contributed by atoms with E-state index in [2.05, 4.69) is 4.90 Å². The molecule has 0 spiro atoms. The van der Waals surface area contributed by atoms with Crippen LogP contribution in [0.5, 0.6) is 0 Å². The second-order valence-corrected chi connectivity index (χ2v) is 6.55. The number of amides is 1. The van der Waals surface area contributed by atoms with Crippen molar-refractivity contribution >= 4 is 11.9 Å². The Morgan fingerprint density at radius 1 is 0.950 bits per heavy atom. The fourth-order valence-electron chi connectivity index (χ4n) is 3.60. The van der Waals surface area contributed by atoms with Gasteiger partial charge in [-0.2, -0.15) is 0 Å². The second kappa shape index (κ2) is 5.72. The largest absolute Gasteiger partial charge is 0.481 e. The zero-order valence-electron chi connectivity index (χ0n) is 12.0. The van der Waals surface area contributed by atoms with Gasteiger partial charge in [-0.3, -0.25) is 14.5 Å². The van der Waals surface area contributed by atoms with E-state index in [4.69, 9.17) is 0 Å². The number of rotatable bonds is 4. The van der Waals surface area contributed by atoms with Crippen LogP contribution in [0.2, 0.25) is 0 Å². The standard InChI is InChI=1S/C15H24N2O3/c18-14(12-2-1-3-13(12)15(19)20)17-8-6-16(7-9-17)10-11-4-5-11/h11-13H,1-10H2,(H,19,20)/t12-,13+/m1/s1. The van der Waals surface area contributed by atoms with Gasteiger partial charge < -0.3 is 10.0 Å². The maximum absolute atomic E-state index is 12.5. The quantitative estimate of drug-likeness (QED) is 0.836. The summed E-state index contributed by atoms with van der Waals surface area (Å²) in [7, 11) is 0. The van der Waals surface area contributed by atoms with E-state index in [1.54, 1.807) is 0 Å². The van der Waals surface area contributed by atoms with Crippen molar-refractivity contribution in [3.8, 4) is 0 Å². The number of aliphatic carboxylic acids is 1. The van der Waals surface area contributed by atoms with Crippen molar-refractivity contribution in [2.45, 2.75) is 32.1 Å². The van der Waals surface area contributed by atoms with Gasteiger partial charge in [0.15, 0.2) is 0 Å². The summed E-state index contributed by atoms with van der Waals surface area (Å²) in [5.74, 6) is -0.549. The fraction of sp³-hybridized carbons (Fsp3) is 0.867. The molecular formula is C15H24N2O3. The average molecular weight is 280 g/mol. The zero-order chi connectivity index (χ0) is 14.1. The van der Waals surface area contributed by atoms with Crippen LogP contribution in [0.4, 0.5) is 0 Å². The Kier molecular flexibility index (Phi) is 3.96. The Morgan fingerprint density at radius 3 is 2.20 bits per heavy atom. The summed E-state index contributed by atoms with van der Waals surface area (Å²) >= 11 is 0. The molecule has 3 rings (SSSR count). The molecule has 0 bridgehead atoms. The van der Waals surface area contributed by atoms with Gasteiger partial charge in [-0.25, -0.2) is 0 Å². The lowest BCUT2D eigenvalue weighted by molar-refractivity contribution is -0.149. The molecule has 20 heavy (non-hydrogen) atoms. The Labute approximate surface area is 119 Å². The fourth-order valence-corrected chi connectivity index (χ4v) is 3.60. The number of carbonyl (C=O) groups is 2. The smallest absolute Gasteiger partial charge is 0.307 e. The highest BCUT2D eigenvalue weighted by atomic mass is 16.4. The minimum absolute atomic E-state index is 0.0842. The third-order valence-corrected chi connectivity index (χ3v) is 5.05. The predicted octanol–water partition coefficient (Wildman–Crippen LogP) is 1.04. The van der Waals surface area contributed by atoms with Gasteiger partial charge in [-0.1, -0.05) is 6.42 Å². The Balaban J connectivity index is 1.51. The normalized spacial score (nSPS) is 31.5. The van der Waals surface area contributed by atoms with Gasteiger partial charge in [0, 0.05) is 32.7 Å². The summed E-state index contributed by atoms with van der Waals surface area (Å²) in [4.78, 5) is 28.0. The molecule has 112 valence electrons. The van der Waals surface area contributed by atoms with E-state index >= 15 is 0 Å². The molecule has 1 saturated heterocycles. The number of carbonyl (C=O) groups excluding carboxylic acids is 1. The van der Waals surface area contributed by atoms with Gasteiger partial charge >= 0.3 is 5.97 Å². The first kappa shape index (κ1) is 13.9. The van der Waals surface area contributed by atoms with E-state index in [1.807, 2.05) is 4.90 Å². The zero-order valence-corrected chi connectivity index (χ0v) is 12.0. The van der Waals surface area contributed by atoms with Crippen LogP contribution in [-0.2, 0) is 9.59 Å². The van der Waals surface area contributed by atoms with Gasteiger partial charge in [0.2, 0.25) is 5.91 Å². The van der Waals surface area contributed by atoms with Crippen molar-refractivity contribution in [3.63, 3.8) is 0 Å². The molecule has 2 atom stereocenters. The number of piperazine rings is 1. The van der Waals surface area contributed by atoms with Crippen molar-refractivity contribution in [3.05, 3.63) is 0 Å². The number of hydrogen-bond acceptors (Lipinski definition) is 3. The molecule has 2 saturated carbocycles. The Bertz CT molecular complexity index is 387. The summed E-state index contributed by atoms with van der Waals surface area (Å²) in [6.45, 7) is 4.63. The summed E-state index contributed by atoms with van der Waals surface area (Å²) in [5.41, 5.74) is 0. The molecule has 0 unspecified atom stereocenters. The maximum Gasteiger partial charge on any atom is 0.307 e. The van der Waals surface area contributed by atoms with Crippen molar-refractivity contribution in [1.82, 2.24) is 9.80 Å². The van der Waals surface area contributed by atoms with E-state index in [9.17, 15) is 14.7 Å².